The number of pyridine rings is 1. The van der Waals surface area contributed by atoms with Crippen LogP contribution in [-0.4, -0.2) is 84.9 Å². The van der Waals surface area contributed by atoms with Gasteiger partial charge in [0.15, 0.2) is 33.5 Å². The highest BCUT2D eigenvalue weighted by Gasteiger charge is 2.31. The molecule has 0 bridgehead atoms. The highest BCUT2D eigenvalue weighted by molar-refractivity contribution is 6.31. The second-order valence-electron chi connectivity index (χ2n) is 10.5. The van der Waals surface area contributed by atoms with Crippen LogP contribution in [0.25, 0.3) is 11.0 Å². The molecule has 1 saturated heterocycles. The van der Waals surface area contributed by atoms with Crippen molar-refractivity contribution in [3.63, 3.8) is 0 Å². The van der Waals surface area contributed by atoms with Gasteiger partial charge in [-0.3, -0.25) is 19.4 Å². The average Bonchev–Trinajstić information content (AvgIpc) is 3.35. The van der Waals surface area contributed by atoms with Gasteiger partial charge in [0.1, 0.15) is 18.0 Å². The largest absolute Gasteiger partial charge is 0.506 e. The van der Waals surface area contributed by atoms with Crippen LogP contribution >= 0.6 is 11.6 Å². The Kier molecular flexibility index (Phi) is 9.41. The molecule has 46 heavy (non-hydrogen) atoms. The SMILES string of the molecule is CCOc1cc2c(cc1C(=O)N1CCN(C(=O)c3cncc(O)c3)CC1)[n+](CC)c(CNC(=O)c1nc(Cl)c(N)nc1N)n2CC. The molecule has 0 unspecified atom stereocenters. The van der Waals surface area contributed by atoms with Crippen LogP contribution in [-0.2, 0) is 19.6 Å². The van der Waals surface area contributed by atoms with Crippen molar-refractivity contribution < 1.29 is 28.8 Å². The van der Waals surface area contributed by atoms with Gasteiger partial charge in [-0.1, -0.05) is 11.6 Å². The van der Waals surface area contributed by atoms with Gasteiger partial charge in [-0.2, -0.15) is 0 Å². The summed E-state index contributed by atoms with van der Waals surface area (Å²) in [5.74, 6) is -0.107. The topological polar surface area (TPSA) is 199 Å². The molecule has 0 aliphatic carbocycles. The van der Waals surface area contributed by atoms with Crippen LogP contribution in [0.4, 0.5) is 11.6 Å². The second-order valence-corrected chi connectivity index (χ2v) is 10.9. The fourth-order valence-corrected chi connectivity index (χ4v) is 5.74. The molecule has 0 atom stereocenters. The van der Waals surface area contributed by atoms with Crippen LogP contribution in [0.15, 0.2) is 30.6 Å². The van der Waals surface area contributed by atoms with E-state index in [4.69, 9.17) is 27.8 Å². The highest BCUT2D eigenvalue weighted by atomic mass is 35.5. The van der Waals surface area contributed by atoms with Gasteiger partial charge in [0, 0.05) is 44.5 Å². The lowest BCUT2D eigenvalue weighted by molar-refractivity contribution is -0.676. The van der Waals surface area contributed by atoms with Gasteiger partial charge in [-0.25, -0.2) is 19.1 Å². The van der Waals surface area contributed by atoms with E-state index in [0.29, 0.717) is 57.2 Å². The Morgan fingerprint density at radius 2 is 1.70 bits per heavy atom. The molecule has 15 nitrogen and oxygen atoms in total. The predicted molar refractivity (Wildman–Crippen MR) is 169 cm³/mol. The van der Waals surface area contributed by atoms with Crippen molar-refractivity contribution >= 4 is 52.0 Å². The summed E-state index contributed by atoms with van der Waals surface area (Å²) in [5.41, 5.74) is 13.7. The van der Waals surface area contributed by atoms with Crippen molar-refractivity contribution in [3.8, 4) is 11.5 Å². The lowest BCUT2D eigenvalue weighted by Crippen LogP contribution is -2.50. The maximum absolute atomic E-state index is 13.9. The third kappa shape index (κ3) is 6.18. The first-order valence-corrected chi connectivity index (χ1v) is 15.3. The van der Waals surface area contributed by atoms with E-state index >= 15 is 0 Å². The number of halogens is 1. The number of fused-ring (bicyclic) bond motifs is 1. The summed E-state index contributed by atoms with van der Waals surface area (Å²) < 4.78 is 10.0. The van der Waals surface area contributed by atoms with Gasteiger partial charge in [0.2, 0.25) is 0 Å². The van der Waals surface area contributed by atoms with Gasteiger partial charge in [-0.15, -0.1) is 0 Å². The van der Waals surface area contributed by atoms with Crippen LogP contribution < -0.4 is 26.1 Å². The number of carbonyl (C=O) groups is 3. The smallest absolute Gasteiger partial charge is 0.277 e. The Morgan fingerprint density at radius 1 is 1.00 bits per heavy atom. The van der Waals surface area contributed by atoms with Crippen LogP contribution in [0.1, 0.15) is 57.8 Å². The zero-order valence-corrected chi connectivity index (χ0v) is 26.5. The molecule has 1 aliphatic heterocycles. The molecule has 0 saturated carbocycles. The standard InChI is InChI=1S/C30H35ClN10O5/c1-4-40-20-12-19(30(45)39-9-7-38(8-10-39)29(44)17-11-18(42)15-34-14-17)22(46-6-3)13-21(20)41(5-2)23(40)16-35-28(43)24-26(32)37-27(33)25(31)36-24/h11-15H,4-10,16H2,1-3H3,(H5-,32,33,35,37,42,43)/p+1. The number of rotatable bonds is 9. The summed E-state index contributed by atoms with van der Waals surface area (Å²) in [6, 6.07) is 5.05. The summed E-state index contributed by atoms with van der Waals surface area (Å²) in [5, 5.41) is 12.4. The van der Waals surface area contributed by atoms with Gasteiger partial charge < -0.3 is 36.4 Å². The molecule has 4 heterocycles. The quantitative estimate of drug-likeness (QED) is 0.193. The monoisotopic (exact) mass is 651 g/mol. The number of imidazole rings is 1. The van der Waals surface area contributed by atoms with E-state index in [1.165, 1.54) is 18.5 Å². The Labute approximate surface area is 269 Å². The number of amides is 3. The van der Waals surface area contributed by atoms with E-state index in [-0.39, 0.29) is 52.2 Å². The van der Waals surface area contributed by atoms with Crippen molar-refractivity contribution in [2.24, 2.45) is 0 Å². The summed E-state index contributed by atoms with van der Waals surface area (Å²) in [7, 11) is 0. The summed E-state index contributed by atoms with van der Waals surface area (Å²) in [4.78, 5) is 55.0. The number of aromatic nitrogens is 5. The number of carbonyl (C=O) groups excluding carboxylic acids is 3. The second kappa shape index (κ2) is 13.4. The molecule has 1 aliphatic rings. The molecule has 3 amide bonds. The maximum Gasteiger partial charge on any atom is 0.277 e. The van der Waals surface area contributed by atoms with E-state index in [1.54, 1.807) is 9.80 Å². The first-order chi connectivity index (χ1) is 22.1. The maximum atomic E-state index is 13.9. The number of hydrogen-bond acceptors (Lipinski definition) is 10. The van der Waals surface area contributed by atoms with Crippen LogP contribution in [0.2, 0.25) is 5.15 Å². The number of nitrogens with zero attached hydrogens (tertiary/aromatic N) is 7. The minimum Gasteiger partial charge on any atom is -0.506 e. The van der Waals surface area contributed by atoms with Crippen LogP contribution in [0.5, 0.6) is 11.5 Å². The van der Waals surface area contributed by atoms with Crippen LogP contribution in [0.3, 0.4) is 0 Å². The molecule has 4 aromatic rings. The van der Waals surface area contributed by atoms with E-state index < -0.39 is 5.91 Å². The molecule has 5 rings (SSSR count). The molecular weight excluding hydrogens is 616 g/mol. The first-order valence-electron chi connectivity index (χ1n) is 14.9. The normalized spacial score (nSPS) is 13.2. The molecule has 1 fully saturated rings. The highest BCUT2D eigenvalue weighted by Crippen LogP contribution is 2.29. The number of aryl methyl sites for hydroxylation is 2. The number of benzene rings is 1. The number of anilines is 2. The Bertz CT molecular complexity index is 1820. The Balaban J connectivity index is 1.41. The van der Waals surface area contributed by atoms with E-state index in [9.17, 15) is 19.5 Å². The van der Waals surface area contributed by atoms with E-state index in [2.05, 4.69) is 20.3 Å². The first kappa shape index (κ1) is 32.2. The summed E-state index contributed by atoms with van der Waals surface area (Å²) in [6.07, 6.45) is 2.67. The zero-order valence-electron chi connectivity index (χ0n) is 25.8. The van der Waals surface area contributed by atoms with Gasteiger partial charge in [0.05, 0.1) is 37.0 Å². The number of piperazine rings is 1. The van der Waals surface area contributed by atoms with E-state index in [1.807, 2.05) is 42.0 Å². The van der Waals surface area contributed by atoms with E-state index in [0.717, 1.165) is 16.9 Å². The van der Waals surface area contributed by atoms with Gasteiger partial charge >= 0.3 is 0 Å². The molecular formula is C30H36ClN10O5+. The number of nitrogens with two attached hydrogens (primary N) is 2. The number of nitrogen functional groups attached to an aromatic ring is 2. The number of ether oxygens (including phenoxy) is 1. The molecule has 0 radical (unpaired) electrons. The predicted octanol–water partition coefficient (Wildman–Crippen LogP) is 1.60. The summed E-state index contributed by atoms with van der Waals surface area (Å²) in [6.45, 7) is 8.71. The van der Waals surface area contributed by atoms with Crippen molar-refractivity contribution in [2.75, 3.05) is 44.3 Å². The van der Waals surface area contributed by atoms with Crippen molar-refractivity contribution in [1.82, 2.24) is 34.6 Å². The van der Waals surface area contributed by atoms with Crippen molar-refractivity contribution in [3.05, 3.63) is 58.4 Å². The number of nitrogens with one attached hydrogen (secondary N) is 1. The molecule has 6 N–H and O–H groups in total. The lowest BCUT2D eigenvalue weighted by atomic mass is 10.1. The Hall–Kier alpha value is -5.18. The van der Waals surface area contributed by atoms with Gasteiger partial charge in [0.25, 0.3) is 23.5 Å². The minimum atomic E-state index is -0.564. The molecule has 0 spiro atoms. The number of hydrogen-bond donors (Lipinski definition) is 4. The minimum absolute atomic E-state index is 0.0673. The number of aromatic hydroxyl groups is 1. The third-order valence-electron chi connectivity index (χ3n) is 7.80. The Morgan fingerprint density at radius 3 is 2.33 bits per heavy atom. The van der Waals surface area contributed by atoms with Crippen molar-refractivity contribution in [1.29, 1.82) is 0 Å². The summed E-state index contributed by atoms with van der Waals surface area (Å²) >= 11 is 5.97. The molecule has 3 aromatic heterocycles. The van der Waals surface area contributed by atoms with Crippen LogP contribution in [0, 0.1) is 0 Å². The lowest BCUT2D eigenvalue weighted by Gasteiger charge is -2.35. The fourth-order valence-electron chi connectivity index (χ4n) is 5.61. The molecule has 16 heteroatoms. The molecule has 242 valence electrons. The van der Waals surface area contributed by atoms with Crippen molar-refractivity contribution in [2.45, 2.75) is 40.4 Å². The average molecular weight is 652 g/mol. The fraction of sp³-hybridized carbons (Fsp3) is 0.367. The van der Waals surface area contributed by atoms with Gasteiger partial charge in [-0.05, 0) is 26.8 Å². The third-order valence-corrected chi connectivity index (χ3v) is 8.07. The zero-order chi connectivity index (χ0) is 33.1. The molecule has 1 aromatic carbocycles.